The Hall–Kier alpha value is -1.36. The highest BCUT2D eigenvalue weighted by Gasteiger charge is 2.20. The molecule has 5 heteroatoms. The lowest BCUT2D eigenvalue weighted by atomic mass is 10.2. The van der Waals surface area contributed by atoms with Crippen LogP contribution >= 0.6 is 0 Å². The molecule has 0 unspecified atom stereocenters. The summed E-state index contributed by atoms with van der Waals surface area (Å²) in [5.74, 6) is 3.78. The van der Waals surface area contributed by atoms with Gasteiger partial charge in [-0.15, -0.1) is 0 Å². The Morgan fingerprint density at radius 3 is 2.70 bits per heavy atom. The molecule has 0 atom stereocenters. The first-order chi connectivity index (χ1) is 9.69. The molecule has 1 saturated carbocycles. The van der Waals surface area contributed by atoms with Crippen LogP contribution in [0.1, 0.15) is 44.9 Å². The molecule has 0 amide bonds. The van der Waals surface area contributed by atoms with E-state index in [-0.39, 0.29) is 0 Å². The first kappa shape index (κ1) is 15.0. The van der Waals surface area contributed by atoms with Gasteiger partial charge in [-0.2, -0.15) is 0 Å². The molecular formula is C15H26N4O. The van der Waals surface area contributed by atoms with Gasteiger partial charge in [-0.25, -0.2) is 9.97 Å². The van der Waals surface area contributed by atoms with Gasteiger partial charge in [0.15, 0.2) is 0 Å². The molecule has 5 nitrogen and oxygen atoms in total. The average molecular weight is 278 g/mol. The molecule has 1 heterocycles. The monoisotopic (exact) mass is 278 g/mol. The summed E-state index contributed by atoms with van der Waals surface area (Å²) in [6.45, 7) is 6.84. The highest BCUT2D eigenvalue weighted by atomic mass is 16.5. The van der Waals surface area contributed by atoms with Crippen LogP contribution in [-0.4, -0.2) is 36.8 Å². The molecule has 1 aliphatic carbocycles. The van der Waals surface area contributed by atoms with Gasteiger partial charge < -0.3 is 15.4 Å². The smallest absolute Gasteiger partial charge is 0.135 e. The fourth-order valence-corrected chi connectivity index (χ4v) is 1.87. The minimum absolute atomic E-state index is 0.325. The minimum Gasteiger partial charge on any atom is -0.381 e. The van der Waals surface area contributed by atoms with E-state index in [2.05, 4.69) is 34.4 Å². The Labute approximate surface area is 121 Å². The van der Waals surface area contributed by atoms with Crippen molar-refractivity contribution >= 4 is 11.6 Å². The maximum absolute atomic E-state index is 5.62. The second-order valence-electron chi connectivity index (χ2n) is 5.70. The summed E-state index contributed by atoms with van der Waals surface area (Å²) in [5.41, 5.74) is 0. The van der Waals surface area contributed by atoms with Gasteiger partial charge in [0.25, 0.3) is 0 Å². The molecular weight excluding hydrogens is 252 g/mol. The molecule has 1 fully saturated rings. The van der Waals surface area contributed by atoms with Crippen LogP contribution in [-0.2, 0) is 4.74 Å². The lowest BCUT2D eigenvalue weighted by molar-refractivity contribution is 0.124. The fourth-order valence-electron chi connectivity index (χ4n) is 1.87. The molecule has 1 aromatic rings. The van der Waals surface area contributed by atoms with Crippen LogP contribution in [0.4, 0.5) is 11.6 Å². The summed E-state index contributed by atoms with van der Waals surface area (Å²) in [5, 5.41) is 6.42. The number of hydrogen-bond acceptors (Lipinski definition) is 5. The maximum Gasteiger partial charge on any atom is 0.135 e. The number of anilines is 2. The van der Waals surface area contributed by atoms with E-state index in [0.717, 1.165) is 49.6 Å². The third-order valence-electron chi connectivity index (χ3n) is 3.34. The van der Waals surface area contributed by atoms with Crippen LogP contribution in [0.15, 0.2) is 6.07 Å². The van der Waals surface area contributed by atoms with E-state index >= 15 is 0 Å². The molecule has 0 radical (unpaired) electrons. The third kappa shape index (κ3) is 4.96. The molecule has 2 rings (SSSR count). The molecule has 0 aromatic carbocycles. The summed E-state index contributed by atoms with van der Waals surface area (Å²) in [7, 11) is 1.88. The lowest BCUT2D eigenvalue weighted by Gasteiger charge is -2.11. The maximum atomic E-state index is 5.62. The van der Waals surface area contributed by atoms with E-state index in [1.807, 2.05) is 13.1 Å². The van der Waals surface area contributed by atoms with Gasteiger partial charge >= 0.3 is 0 Å². The van der Waals surface area contributed by atoms with Crippen LogP contribution in [0.5, 0.6) is 0 Å². The predicted molar refractivity (Wildman–Crippen MR) is 82.3 cm³/mol. The lowest BCUT2D eigenvalue weighted by Crippen LogP contribution is -2.10. The van der Waals surface area contributed by atoms with Gasteiger partial charge in [-0.05, 0) is 25.2 Å². The number of nitrogens with one attached hydrogen (secondary N) is 2. The highest BCUT2D eigenvalue weighted by molar-refractivity contribution is 5.47. The molecule has 1 aliphatic rings. The first-order valence-electron chi connectivity index (χ1n) is 7.57. The zero-order valence-electron chi connectivity index (χ0n) is 12.8. The standard InChI is InChI=1S/C15H26N4O/c1-11(2)15-18-13(16-3)9-14(19-15)17-7-4-8-20-10-12-5-6-12/h9,11-12H,4-8,10H2,1-3H3,(H2,16,17,18,19). The average Bonchev–Trinajstić information content (AvgIpc) is 3.26. The van der Waals surface area contributed by atoms with E-state index in [1.165, 1.54) is 12.8 Å². The minimum atomic E-state index is 0.325. The van der Waals surface area contributed by atoms with Crippen LogP contribution in [0.25, 0.3) is 0 Å². The predicted octanol–water partition coefficient (Wildman–Crippen LogP) is 2.87. The topological polar surface area (TPSA) is 59.1 Å². The normalized spacial score (nSPS) is 14.6. The van der Waals surface area contributed by atoms with Crippen LogP contribution < -0.4 is 10.6 Å². The highest BCUT2D eigenvalue weighted by Crippen LogP contribution is 2.28. The molecule has 1 aromatic heterocycles. The van der Waals surface area contributed by atoms with E-state index < -0.39 is 0 Å². The summed E-state index contributed by atoms with van der Waals surface area (Å²) in [6.07, 6.45) is 3.70. The van der Waals surface area contributed by atoms with Crippen molar-refractivity contribution in [3.63, 3.8) is 0 Å². The van der Waals surface area contributed by atoms with Crippen LogP contribution in [0.2, 0.25) is 0 Å². The molecule has 0 aliphatic heterocycles. The van der Waals surface area contributed by atoms with Gasteiger partial charge in [0.1, 0.15) is 17.5 Å². The van der Waals surface area contributed by atoms with Crippen molar-refractivity contribution in [2.45, 2.75) is 39.0 Å². The largest absolute Gasteiger partial charge is 0.381 e. The van der Waals surface area contributed by atoms with Gasteiger partial charge in [0, 0.05) is 38.8 Å². The van der Waals surface area contributed by atoms with Gasteiger partial charge in [-0.3, -0.25) is 0 Å². The number of ether oxygens (including phenoxy) is 1. The molecule has 2 N–H and O–H groups in total. The summed E-state index contributed by atoms with van der Waals surface area (Å²) >= 11 is 0. The Balaban J connectivity index is 1.74. The number of hydrogen-bond donors (Lipinski definition) is 2. The third-order valence-corrected chi connectivity index (χ3v) is 3.34. The van der Waals surface area contributed by atoms with E-state index in [0.29, 0.717) is 5.92 Å². The Morgan fingerprint density at radius 1 is 1.30 bits per heavy atom. The summed E-state index contributed by atoms with van der Waals surface area (Å²) < 4.78 is 5.62. The zero-order chi connectivity index (χ0) is 14.4. The molecule has 0 saturated heterocycles. The van der Waals surface area contributed by atoms with E-state index in [1.54, 1.807) is 0 Å². The Morgan fingerprint density at radius 2 is 2.05 bits per heavy atom. The van der Waals surface area contributed by atoms with Crippen molar-refractivity contribution in [3.05, 3.63) is 11.9 Å². The Kier molecular flexibility index (Phi) is 5.59. The second-order valence-corrected chi connectivity index (χ2v) is 5.70. The number of aromatic nitrogens is 2. The van der Waals surface area contributed by atoms with E-state index in [4.69, 9.17) is 4.74 Å². The second kappa shape index (κ2) is 7.43. The van der Waals surface area contributed by atoms with Gasteiger partial charge in [0.05, 0.1) is 0 Å². The van der Waals surface area contributed by atoms with Gasteiger partial charge in [0.2, 0.25) is 0 Å². The molecule has 20 heavy (non-hydrogen) atoms. The van der Waals surface area contributed by atoms with Crippen molar-refractivity contribution in [3.8, 4) is 0 Å². The van der Waals surface area contributed by atoms with Crippen molar-refractivity contribution in [1.29, 1.82) is 0 Å². The SMILES string of the molecule is CNc1cc(NCCCOCC2CC2)nc(C(C)C)n1. The molecule has 112 valence electrons. The quantitative estimate of drug-likeness (QED) is 0.680. The van der Waals surface area contributed by atoms with E-state index in [9.17, 15) is 0 Å². The van der Waals surface area contributed by atoms with Crippen LogP contribution in [0, 0.1) is 5.92 Å². The van der Waals surface area contributed by atoms with Crippen molar-refractivity contribution in [1.82, 2.24) is 9.97 Å². The van der Waals surface area contributed by atoms with Crippen LogP contribution in [0.3, 0.4) is 0 Å². The number of rotatable bonds is 9. The van der Waals surface area contributed by atoms with Crippen molar-refractivity contribution in [2.24, 2.45) is 5.92 Å². The molecule has 0 bridgehead atoms. The fraction of sp³-hybridized carbons (Fsp3) is 0.733. The zero-order valence-corrected chi connectivity index (χ0v) is 12.8. The van der Waals surface area contributed by atoms with Crippen molar-refractivity contribution < 1.29 is 4.74 Å². The summed E-state index contributed by atoms with van der Waals surface area (Å²) in [6, 6.07) is 1.94. The summed E-state index contributed by atoms with van der Waals surface area (Å²) in [4.78, 5) is 8.98. The Bertz CT molecular complexity index is 418. The van der Waals surface area contributed by atoms with Gasteiger partial charge in [-0.1, -0.05) is 13.8 Å². The molecule has 0 spiro atoms. The van der Waals surface area contributed by atoms with Crippen molar-refractivity contribution in [2.75, 3.05) is 37.4 Å². The first-order valence-corrected chi connectivity index (χ1v) is 7.57. The number of nitrogens with zero attached hydrogens (tertiary/aromatic N) is 2.